The van der Waals surface area contributed by atoms with Crippen molar-refractivity contribution >= 4 is 22.8 Å². The van der Waals surface area contributed by atoms with Crippen molar-refractivity contribution in [1.82, 2.24) is 15.3 Å². The summed E-state index contributed by atoms with van der Waals surface area (Å²) in [6.07, 6.45) is 3.26. The fourth-order valence-corrected chi connectivity index (χ4v) is 2.51. The van der Waals surface area contributed by atoms with Crippen molar-refractivity contribution in [2.24, 2.45) is 0 Å². The molecular formula is C19H17N3O3. The number of amides is 1. The standard InChI is InChI=1S/C19H17N3O3/c1-25-19(24)17(22-18(23)14-6-4-10-20-12-14)11-15-9-8-13-5-2-3-7-16(13)21-15/h2-10,12,17H,11H2,1H3,(H,22,23)/t17-/m1/s1. The number of fused-ring (bicyclic) bond motifs is 1. The minimum Gasteiger partial charge on any atom is -0.467 e. The van der Waals surface area contributed by atoms with Crippen molar-refractivity contribution in [3.05, 3.63) is 72.2 Å². The highest BCUT2D eigenvalue weighted by atomic mass is 16.5. The van der Waals surface area contributed by atoms with Gasteiger partial charge in [-0.1, -0.05) is 24.3 Å². The molecule has 0 spiro atoms. The van der Waals surface area contributed by atoms with Crippen molar-refractivity contribution in [3.63, 3.8) is 0 Å². The van der Waals surface area contributed by atoms with E-state index in [0.29, 0.717) is 11.3 Å². The Balaban J connectivity index is 1.80. The monoisotopic (exact) mass is 335 g/mol. The fourth-order valence-electron chi connectivity index (χ4n) is 2.51. The topological polar surface area (TPSA) is 81.2 Å². The molecule has 0 saturated heterocycles. The van der Waals surface area contributed by atoms with Gasteiger partial charge < -0.3 is 10.1 Å². The van der Waals surface area contributed by atoms with Gasteiger partial charge in [0.25, 0.3) is 5.91 Å². The molecule has 0 aliphatic heterocycles. The van der Waals surface area contributed by atoms with Gasteiger partial charge in [0.1, 0.15) is 6.04 Å². The first-order chi connectivity index (χ1) is 12.2. The molecule has 0 saturated carbocycles. The van der Waals surface area contributed by atoms with Crippen LogP contribution in [0.15, 0.2) is 60.9 Å². The minimum absolute atomic E-state index is 0.240. The van der Waals surface area contributed by atoms with Crippen LogP contribution in [0.25, 0.3) is 10.9 Å². The summed E-state index contributed by atoms with van der Waals surface area (Å²) in [5.41, 5.74) is 1.91. The number of benzene rings is 1. The van der Waals surface area contributed by atoms with Crippen molar-refractivity contribution < 1.29 is 14.3 Å². The molecule has 1 aromatic carbocycles. The Morgan fingerprint density at radius 3 is 2.72 bits per heavy atom. The van der Waals surface area contributed by atoms with Crippen LogP contribution in [0.4, 0.5) is 0 Å². The van der Waals surface area contributed by atoms with E-state index >= 15 is 0 Å². The molecule has 25 heavy (non-hydrogen) atoms. The number of nitrogens with zero attached hydrogens (tertiary/aromatic N) is 2. The lowest BCUT2D eigenvalue weighted by Crippen LogP contribution is -2.43. The number of rotatable bonds is 5. The van der Waals surface area contributed by atoms with E-state index in [-0.39, 0.29) is 12.3 Å². The Morgan fingerprint density at radius 2 is 1.96 bits per heavy atom. The summed E-state index contributed by atoms with van der Waals surface area (Å²) in [5.74, 6) is -0.906. The van der Waals surface area contributed by atoms with Crippen LogP contribution < -0.4 is 5.32 Å². The van der Waals surface area contributed by atoms with E-state index in [2.05, 4.69) is 15.3 Å². The van der Waals surface area contributed by atoms with Gasteiger partial charge in [-0.05, 0) is 24.3 Å². The highest BCUT2D eigenvalue weighted by Gasteiger charge is 2.23. The van der Waals surface area contributed by atoms with Crippen LogP contribution >= 0.6 is 0 Å². The normalized spacial score (nSPS) is 11.7. The highest BCUT2D eigenvalue weighted by Crippen LogP contribution is 2.13. The number of ether oxygens (including phenoxy) is 1. The van der Waals surface area contributed by atoms with Crippen molar-refractivity contribution in [2.45, 2.75) is 12.5 Å². The molecule has 126 valence electrons. The van der Waals surface area contributed by atoms with Gasteiger partial charge in [0, 0.05) is 29.9 Å². The molecule has 1 N–H and O–H groups in total. The van der Waals surface area contributed by atoms with Crippen LogP contribution in [-0.2, 0) is 16.0 Å². The predicted molar refractivity (Wildman–Crippen MR) is 93.0 cm³/mol. The first-order valence-corrected chi connectivity index (χ1v) is 7.81. The molecule has 1 atom stereocenters. The predicted octanol–water partition coefficient (Wildman–Crippen LogP) is 2.14. The second-order valence-corrected chi connectivity index (χ2v) is 5.49. The third kappa shape index (κ3) is 3.98. The summed E-state index contributed by atoms with van der Waals surface area (Å²) >= 11 is 0. The molecule has 6 nitrogen and oxygen atoms in total. The van der Waals surface area contributed by atoms with Crippen molar-refractivity contribution in [3.8, 4) is 0 Å². The third-order valence-corrected chi connectivity index (χ3v) is 3.78. The SMILES string of the molecule is COC(=O)[C@@H](Cc1ccc2ccccc2n1)NC(=O)c1cccnc1. The minimum atomic E-state index is -0.827. The lowest BCUT2D eigenvalue weighted by atomic mass is 10.1. The zero-order valence-corrected chi connectivity index (χ0v) is 13.7. The molecule has 0 aliphatic carbocycles. The molecule has 6 heteroatoms. The summed E-state index contributed by atoms with van der Waals surface area (Å²) in [4.78, 5) is 32.8. The van der Waals surface area contributed by atoms with Gasteiger partial charge in [0.2, 0.25) is 0 Å². The molecule has 3 aromatic rings. The maximum atomic E-state index is 12.3. The van der Waals surface area contributed by atoms with E-state index in [4.69, 9.17) is 4.74 Å². The van der Waals surface area contributed by atoms with Crippen LogP contribution in [0.1, 0.15) is 16.1 Å². The Kier molecular flexibility index (Phi) is 4.99. The van der Waals surface area contributed by atoms with Crippen LogP contribution in [0.2, 0.25) is 0 Å². The Labute approximate surface area is 144 Å². The van der Waals surface area contributed by atoms with E-state index in [9.17, 15) is 9.59 Å². The van der Waals surface area contributed by atoms with Gasteiger partial charge in [-0.2, -0.15) is 0 Å². The molecular weight excluding hydrogens is 318 g/mol. The first kappa shape index (κ1) is 16.6. The maximum absolute atomic E-state index is 12.3. The summed E-state index contributed by atoms with van der Waals surface area (Å²) in [6, 6.07) is 14.0. The van der Waals surface area contributed by atoms with Crippen LogP contribution in [0.3, 0.4) is 0 Å². The Morgan fingerprint density at radius 1 is 1.12 bits per heavy atom. The largest absolute Gasteiger partial charge is 0.467 e. The number of esters is 1. The quantitative estimate of drug-likeness (QED) is 0.723. The summed E-state index contributed by atoms with van der Waals surface area (Å²) in [7, 11) is 1.29. The van der Waals surface area contributed by atoms with Gasteiger partial charge in [-0.15, -0.1) is 0 Å². The number of carbonyl (C=O) groups excluding carboxylic acids is 2. The van der Waals surface area contributed by atoms with Gasteiger partial charge in [-0.25, -0.2) is 4.79 Å². The Hall–Kier alpha value is -3.28. The third-order valence-electron chi connectivity index (χ3n) is 3.78. The molecule has 1 amide bonds. The second kappa shape index (κ2) is 7.53. The van der Waals surface area contributed by atoms with Gasteiger partial charge >= 0.3 is 5.97 Å². The summed E-state index contributed by atoms with van der Waals surface area (Å²) in [6.45, 7) is 0. The van der Waals surface area contributed by atoms with E-state index in [0.717, 1.165) is 10.9 Å². The smallest absolute Gasteiger partial charge is 0.328 e. The number of nitrogens with one attached hydrogen (secondary N) is 1. The van der Waals surface area contributed by atoms with Crippen LogP contribution in [-0.4, -0.2) is 35.0 Å². The average molecular weight is 335 g/mol. The van der Waals surface area contributed by atoms with Crippen molar-refractivity contribution in [2.75, 3.05) is 7.11 Å². The number of hydrogen-bond acceptors (Lipinski definition) is 5. The van der Waals surface area contributed by atoms with E-state index in [1.165, 1.54) is 13.3 Å². The number of hydrogen-bond donors (Lipinski definition) is 1. The molecule has 0 fully saturated rings. The lowest BCUT2D eigenvalue weighted by Gasteiger charge is -2.16. The molecule has 2 heterocycles. The number of carbonyl (C=O) groups is 2. The molecule has 0 unspecified atom stereocenters. The number of aromatic nitrogens is 2. The van der Waals surface area contributed by atoms with Gasteiger partial charge in [0.15, 0.2) is 0 Å². The second-order valence-electron chi connectivity index (χ2n) is 5.49. The average Bonchev–Trinajstić information content (AvgIpc) is 2.67. The highest BCUT2D eigenvalue weighted by molar-refractivity contribution is 5.96. The number of pyridine rings is 2. The maximum Gasteiger partial charge on any atom is 0.328 e. The molecule has 0 bridgehead atoms. The molecule has 3 rings (SSSR count). The zero-order chi connectivity index (χ0) is 17.6. The fraction of sp³-hybridized carbons (Fsp3) is 0.158. The zero-order valence-electron chi connectivity index (χ0n) is 13.7. The van der Waals surface area contributed by atoms with E-state index in [1.807, 2.05) is 36.4 Å². The van der Waals surface area contributed by atoms with Crippen LogP contribution in [0, 0.1) is 0 Å². The van der Waals surface area contributed by atoms with E-state index in [1.54, 1.807) is 18.3 Å². The summed E-state index contributed by atoms with van der Waals surface area (Å²) in [5, 5.41) is 3.70. The summed E-state index contributed by atoms with van der Waals surface area (Å²) < 4.78 is 4.81. The Bertz CT molecular complexity index is 897. The van der Waals surface area contributed by atoms with Crippen LogP contribution in [0.5, 0.6) is 0 Å². The number of para-hydroxylation sites is 1. The molecule has 0 radical (unpaired) electrons. The molecule has 0 aliphatic rings. The lowest BCUT2D eigenvalue weighted by molar-refractivity contribution is -0.142. The number of methoxy groups -OCH3 is 1. The molecule has 2 aromatic heterocycles. The van der Waals surface area contributed by atoms with Crippen molar-refractivity contribution in [1.29, 1.82) is 0 Å². The van der Waals surface area contributed by atoms with Gasteiger partial charge in [0.05, 0.1) is 18.2 Å². The van der Waals surface area contributed by atoms with Gasteiger partial charge in [-0.3, -0.25) is 14.8 Å². The first-order valence-electron chi connectivity index (χ1n) is 7.81. The van der Waals surface area contributed by atoms with E-state index < -0.39 is 12.0 Å².